The summed E-state index contributed by atoms with van der Waals surface area (Å²) in [5.41, 5.74) is 0.866. The van der Waals surface area contributed by atoms with Gasteiger partial charge in [-0.25, -0.2) is 4.79 Å². The van der Waals surface area contributed by atoms with Crippen molar-refractivity contribution < 1.29 is 29.0 Å². The molecule has 0 aliphatic heterocycles. The van der Waals surface area contributed by atoms with Crippen LogP contribution in [0.15, 0.2) is 54.6 Å². The molecule has 3 N–H and O–H groups in total. The minimum atomic E-state index is -1.25. The van der Waals surface area contributed by atoms with E-state index in [2.05, 4.69) is 10.6 Å². The first-order valence-corrected chi connectivity index (χ1v) is 7.79. The summed E-state index contributed by atoms with van der Waals surface area (Å²) >= 11 is 0. The Balaban J connectivity index is 2.22. The van der Waals surface area contributed by atoms with Crippen molar-refractivity contribution in [2.75, 3.05) is 24.9 Å². The summed E-state index contributed by atoms with van der Waals surface area (Å²) < 4.78 is 10.4. The molecule has 8 heteroatoms. The van der Waals surface area contributed by atoms with Crippen molar-refractivity contribution in [2.45, 2.75) is 0 Å². The maximum Gasteiger partial charge on any atom is 0.328 e. The second kappa shape index (κ2) is 9.04. The Kier molecular flexibility index (Phi) is 6.54. The first-order valence-electron chi connectivity index (χ1n) is 7.79. The van der Waals surface area contributed by atoms with E-state index in [0.29, 0.717) is 23.3 Å². The van der Waals surface area contributed by atoms with Crippen molar-refractivity contribution in [1.82, 2.24) is 0 Å². The molecule has 0 aromatic heterocycles. The van der Waals surface area contributed by atoms with Gasteiger partial charge in [-0.2, -0.15) is 0 Å². The lowest BCUT2D eigenvalue weighted by molar-refractivity contribution is -0.131. The zero-order valence-electron chi connectivity index (χ0n) is 14.7. The highest BCUT2D eigenvalue weighted by molar-refractivity contribution is 6.12. The highest BCUT2D eigenvalue weighted by Gasteiger charge is 2.15. The van der Waals surface area contributed by atoms with Gasteiger partial charge in [-0.05, 0) is 24.3 Å². The molecule has 0 aliphatic carbocycles. The standard InChI is InChI=1S/C19H18N2O6/c1-26-12-7-8-15(16(11-12)27-2)21-19(25)13-5-3-4-6-14(13)20-17(22)9-10-18(23)24/h3-11H,1-2H3,(H,20,22)(H,21,25)(H,23,24). The smallest absolute Gasteiger partial charge is 0.328 e. The molecule has 27 heavy (non-hydrogen) atoms. The van der Waals surface area contributed by atoms with Crippen molar-refractivity contribution in [2.24, 2.45) is 0 Å². The zero-order chi connectivity index (χ0) is 19.8. The van der Waals surface area contributed by atoms with Gasteiger partial charge in [0.2, 0.25) is 5.91 Å². The molecule has 140 valence electrons. The Morgan fingerprint density at radius 3 is 2.33 bits per heavy atom. The number of benzene rings is 2. The van der Waals surface area contributed by atoms with Crippen LogP contribution in [0.2, 0.25) is 0 Å². The average molecular weight is 370 g/mol. The third-order valence-corrected chi connectivity index (χ3v) is 3.46. The highest BCUT2D eigenvalue weighted by Crippen LogP contribution is 2.30. The summed E-state index contributed by atoms with van der Waals surface area (Å²) in [4.78, 5) is 34.9. The number of amides is 2. The summed E-state index contributed by atoms with van der Waals surface area (Å²) in [6, 6.07) is 11.3. The minimum absolute atomic E-state index is 0.201. The molecule has 2 rings (SSSR count). The molecule has 0 atom stereocenters. The monoisotopic (exact) mass is 370 g/mol. The van der Waals surface area contributed by atoms with Crippen LogP contribution in [0.1, 0.15) is 10.4 Å². The SMILES string of the molecule is COc1ccc(NC(=O)c2ccccc2NC(=O)C=CC(=O)O)c(OC)c1. The predicted octanol–water partition coefficient (Wildman–Crippen LogP) is 2.54. The van der Waals surface area contributed by atoms with Crippen molar-refractivity contribution in [3.8, 4) is 11.5 Å². The molecule has 2 amide bonds. The highest BCUT2D eigenvalue weighted by atomic mass is 16.5. The van der Waals surface area contributed by atoms with Crippen LogP contribution in [0.5, 0.6) is 11.5 Å². The average Bonchev–Trinajstić information content (AvgIpc) is 2.67. The largest absolute Gasteiger partial charge is 0.497 e. The van der Waals surface area contributed by atoms with E-state index in [1.54, 1.807) is 30.3 Å². The van der Waals surface area contributed by atoms with Crippen LogP contribution in [-0.4, -0.2) is 37.1 Å². The van der Waals surface area contributed by atoms with Gasteiger partial charge in [0.05, 0.1) is 31.2 Å². The third-order valence-electron chi connectivity index (χ3n) is 3.46. The summed E-state index contributed by atoms with van der Waals surface area (Å²) in [6.07, 6.45) is 1.57. The lowest BCUT2D eigenvalue weighted by atomic mass is 10.1. The van der Waals surface area contributed by atoms with Gasteiger partial charge >= 0.3 is 5.97 Å². The number of carbonyl (C=O) groups excluding carboxylic acids is 2. The number of para-hydroxylation sites is 1. The van der Waals surface area contributed by atoms with Gasteiger partial charge in [-0.3, -0.25) is 9.59 Å². The topological polar surface area (TPSA) is 114 Å². The Morgan fingerprint density at radius 2 is 1.67 bits per heavy atom. The van der Waals surface area contributed by atoms with Crippen molar-refractivity contribution >= 4 is 29.2 Å². The molecule has 0 saturated heterocycles. The molecule has 2 aromatic rings. The Morgan fingerprint density at radius 1 is 0.926 bits per heavy atom. The number of nitrogens with one attached hydrogen (secondary N) is 2. The molecule has 2 aromatic carbocycles. The van der Waals surface area contributed by atoms with Gasteiger partial charge < -0.3 is 25.2 Å². The van der Waals surface area contributed by atoms with E-state index in [1.807, 2.05) is 0 Å². The van der Waals surface area contributed by atoms with Crippen molar-refractivity contribution in [3.05, 3.63) is 60.2 Å². The van der Waals surface area contributed by atoms with Crippen LogP contribution in [-0.2, 0) is 9.59 Å². The molecule has 0 spiro atoms. The normalized spacial score (nSPS) is 10.3. The van der Waals surface area contributed by atoms with Gasteiger partial charge in [-0.15, -0.1) is 0 Å². The molecule has 0 fully saturated rings. The van der Waals surface area contributed by atoms with Crippen LogP contribution in [0.4, 0.5) is 11.4 Å². The van der Waals surface area contributed by atoms with E-state index in [9.17, 15) is 14.4 Å². The number of carbonyl (C=O) groups is 3. The minimum Gasteiger partial charge on any atom is -0.497 e. The lowest BCUT2D eigenvalue weighted by Crippen LogP contribution is -2.17. The number of hydrogen-bond acceptors (Lipinski definition) is 5. The van der Waals surface area contributed by atoms with Gasteiger partial charge in [0.25, 0.3) is 5.91 Å². The van der Waals surface area contributed by atoms with Gasteiger partial charge in [0.15, 0.2) is 0 Å². The van der Waals surface area contributed by atoms with Crippen LogP contribution in [0, 0.1) is 0 Å². The lowest BCUT2D eigenvalue weighted by Gasteiger charge is -2.13. The number of carboxylic acids is 1. The molecule has 0 bridgehead atoms. The van der Waals surface area contributed by atoms with E-state index in [4.69, 9.17) is 14.6 Å². The predicted molar refractivity (Wildman–Crippen MR) is 99.3 cm³/mol. The number of ether oxygens (including phenoxy) is 2. The second-order valence-electron chi connectivity index (χ2n) is 5.23. The molecular weight excluding hydrogens is 352 g/mol. The number of methoxy groups -OCH3 is 2. The first kappa shape index (κ1) is 19.5. The molecule has 0 radical (unpaired) electrons. The van der Waals surface area contributed by atoms with Gasteiger partial charge in [0.1, 0.15) is 11.5 Å². The fraction of sp³-hybridized carbons (Fsp3) is 0.105. The van der Waals surface area contributed by atoms with E-state index in [-0.39, 0.29) is 11.3 Å². The van der Waals surface area contributed by atoms with E-state index in [1.165, 1.54) is 26.4 Å². The van der Waals surface area contributed by atoms with Crippen LogP contribution in [0.3, 0.4) is 0 Å². The Bertz CT molecular complexity index is 892. The number of rotatable bonds is 7. The Labute approximate surface area is 155 Å². The van der Waals surface area contributed by atoms with Gasteiger partial charge in [0, 0.05) is 18.2 Å². The summed E-state index contributed by atoms with van der Waals surface area (Å²) in [6.45, 7) is 0. The maximum absolute atomic E-state index is 12.6. The Hall–Kier alpha value is -3.81. The molecule has 0 aliphatic rings. The number of hydrogen-bond donors (Lipinski definition) is 3. The number of carboxylic acid groups (broad SMARTS) is 1. The van der Waals surface area contributed by atoms with Crippen molar-refractivity contribution in [3.63, 3.8) is 0 Å². The summed E-state index contributed by atoms with van der Waals surface area (Å²) in [5.74, 6) is -1.41. The van der Waals surface area contributed by atoms with Gasteiger partial charge in [-0.1, -0.05) is 12.1 Å². The number of aliphatic carboxylic acids is 1. The van der Waals surface area contributed by atoms with Crippen LogP contribution >= 0.6 is 0 Å². The maximum atomic E-state index is 12.6. The molecule has 0 heterocycles. The van der Waals surface area contributed by atoms with Crippen molar-refractivity contribution in [1.29, 1.82) is 0 Å². The molecule has 8 nitrogen and oxygen atoms in total. The molecule has 0 saturated carbocycles. The number of anilines is 2. The van der Waals surface area contributed by atoms with E-state index >= 15 is 0 Å². The zero-order valence-corrected chi connectivity index (χ0v) is 14.7. The van der Waals surface area contributed by atoms with E-state index in [0.717, 1.165) is 6.08 Å². The summed E-state index contributed by atoms with van der Waals surface area (Å²) in [5, 5.41) is 13.8. The fourth-order valence-electron chi connectivity index (χ4n) is 2.20. The first-order chi connectivity index (χ1) is 12.9. The molecule has 0 unspecified atom stereocenters. The third kappa shape index (κ3) is 5.33. The van der Waals surface area contributed by atoms with Crippen LogP contribution in [0.25, 0.3) is 0 Å². The fourth-order valence-corrected chi connectivity index (χ4v) is 2.20. The second-order valence-corrected chi connectivity index (χ2v) is 5.23. The van der Waals surface area contributed by atoms with Crippen LogP contribution < -0.4 is 20.1 Å². The van der Waals surface area contributed by atoms with E-state index < -0.39 is 17.8 Å². The summed E-state index contributed by atoms with van der Waals surface area (Å²) in [7, 11) is 2.98. The quantitative estimate of drug-likeness (QED) is 0.646. The molecular formula is C19H18N2O6.